The molecule has 1 rings (SSSR count). The molecular formula is C12H15BrO9. The van der Waals surface area contributed by atoms with Crippen LogP contribution in [0.2, 0.25) is 0 Å². The molecule has 124 valence electrons. The van der Waals surface area contributed by atoms with Crippen molar-refractivity contribution in [1.82, 2.24) is 0 Å². The van der Waals surface area contributed by atoms with Crippen LogP contribution in [0.4, 0.5) is 0 Å². The Morgan fingerprint density at radius 3 is 1.68 bits per heavy atom. The summed E-state index contributed by atoms with van der Waals surface area (Å²) in [6.45, 7) is 3.27. The summed E-state index contributed by atoms with van der Waals surface area (Å²) in [7, 11) is 0. The minimum Gasteiger partial charge on any atom is -0.479 e. The second kappa shape index (κ2) is 7.54. The van der Waals surface area contributed by atoms with Crippen molar-refractivity contribution in [2.75, 3.05) is 0 Å². The third-order valence-electron chi connectivity index (χ3n) is 2.63. The molecule has 0 radical (unpaired) electrons. The highest BCUT2D eigenvalue weighted by Gasteiger charge is 2.53. The van der Waals surface area contributed by atoms with E-state index in [1.165, 1.54) is 0 Å². The minimum atomic E-state index is -1.59. The number of carboxylic acids is 1. The van der Waals surface area contributed by atoms with Gasteiger partial charge in [0.05, 0.1) is 0 Å². The van der Waals surface area contributed by atoms with Gasteiger partial charge in [0.2, 0.25) is 0 Å². The summed E-state index contributed by atoms with van der Waals surface area (Å²) >= 11 is 3.02. The number of esters is 3. The summed E-state index contributed by atoms with van der Waals surface area (Å²) in [5.74, 6) is -3.68. The number of carbonyl (C=O) groups is 4. The number of aliphatic carboxylic acids is 1. The molecule has 1 aliphatic rings. The number of carbonyl (C=O) groups excluding carboxylic acids is 3. The molecule has 1 heterocycles. The molecule has 1 aliphatic heterocycles. The zero-order valence-corrected chi connectivity index (χ0v) is 13.6. The fraction of sp³-hybridized carbons (Fsp3) is 0.667. The topological polar surface area (TPSA) is 125 Å². The van der Waals surface area contributed by atoms with E-state index in [9.17, 15) is 24.3 Å². The summed E-state index contributed by atoms with van der Waals surface area (Å²) in [6, 6.07) is 0. The Morgan fingerprint density at radius 1 is 0.864 bits per heavy atom. The van der Waals surface area contributed by atoms with Crippen LogP contribution in [0.3, 0.4) is 0 Å². The summed E-state index contributed by atoms with van der Waals surface area (Å²) in [5.41, 5.74) is 0. The largest absolute Gasteiger partial charge is 0.479 e. The monoisotopic (exact) mass is 382 g/mol. The minimum absolute atomic E-state index is 0.703. The van der Waals surface area contributed by atoms with E-state index in [0.717, 1.165) is 20.8 Å². The number of rotatable bonds is 4. The van der Waals surface area contributed by atoms with Gasteiger partial charge in [0, 0.05) is 20.8 Å². The molecule has 0 aliphatic carbocycles. The molecule has 1 fully saturated rings. The highest BCUT2D eigenvalue weighted by molar-refractivity contribution is 9.09. The van der Waals surface area contributed by atoms with Crippen LogP contribution in [0.15, 0.2) is 0 Å². The SMILES string of the molecule is CC(=O)O[C@@H]1[C@@H](OC(C)=O)[C@H](Br)O[C@H](C(=O)O)[C@H]1OC(C)=O. The molecule has 0 spiro atoms. The molecule has 0 bridgehead atoms. The number of carboxylic acid groups (broad SMARTS) is 1. The van der Waals surface area contributed by atoms with E-state index in [1.807, 2.05) is 0 Å². The lowest BCUT2D eigenvalue weighted by atomic mass is 9.99. The van der Waals surface area contributed by atoms with Gasteiger partial charge in [0.15, 0.2) is 29.4 Å². The third-order valence-corrected chi connectivity index (χ3v) is 3.37. The number of alkyl halides is 1. The first kappa shape index (κ1) is 18.4. The van der Waals surface area contributed by atoms with Crippen LogP contribution in [0.1, 0.15) is 20.8 Å². The van der Waals surface area contributed by atoms with E-state index in [1.54, 1.807) is 0 Å². The Morgan fingerprint density at radius 2 is 1.27 bits per heavy atom. The fourth-order valence-electron chi connectivity index (χ4n) is 1.96. The molecule has 0 aromatic heterocycles. The van der Waals surface area contributed by atoms with Gasteiger partial charge in [0.1, 0.15) is 0 Å². The summed E-state index contributed by atoms with van der Waals surface area (Å²) < 4.78 is 20.0. The second-order valence-corrected chi connectivity index (χ2v) is 5.37. The molecule has 5 atom stereocenters. The average molecular weight is 383 g/mol. The Kier molecular flexibility index (Phi) is 6.30. The van der Waals surface area contributed by atoms with Gasteiger partial charge in [-0.1, -0.05) is 15.9 Å². The van der Waals surface area contributed by atoms with Crippen LogP contribution in [-0.4, -0.2) is 58.4 Å². The van der Waals surface area contributed by atoms with Gasteiger partial charge in [-0.05, 0) is 0 Å². The molecule has 0 saturated carbocycles. The van der Waals surface area contributed by atoms with E-state index in [-0.39, 0.29) is 0 Å². The van der Waals surface area contributed by atoms with E-state index < -0.39 is 53.3 Å². The maximum atomic E-state index is 11.3. The van der Waals surface area contributed by atoms with Gasteiger partial charge in [-0.25, -0.2) is 4.79 Å². The molecule has 0 amide bonds. The van der Waals surface area contributed by atoms with E-state index in [0.29, 0.717) is 0 Å². The second-order valence-electron chi connectivity index (χ2n) is 4.47. The molecule has 1 N–H and O–H groups in total. The Bertz CT molecular complexity index is 477. The Balaban J connectivity index is 3.18. The van der Waals surface area contributed by atoms with Crippen LogP contribution < -0.4 is 0 Å². The van der Waals surface area contributed by atoms with E-state index in [2.05, 4.69) is 15.9 Å². The average Bonchev–Trinajstić information content (AvgIpc) is 2.34. The normalized spacial score (nSPS) is 31.0. The summed E-state index contributed by atoms with van der Waals surface area (Å²) in [4.78, 5) is 44.9. The standard InChI is InChI=1S/C12H15BrO9/c1-4(14)19-7-8(20-5(2)15)10(12(17)18)22-11(13)9(7)21-6(3)16/h7-11H,1-3H3,(H,17,18)/t7-,8-,9+,10-,11+/m0/s1. The van der Waals surface area contributed by atoms with Crippen molar-refractivity contribution in [2.24, 2.45) is 0 Å². The maximum absolute atomic E-state index is 11.3. The molecule has 22 heavy (non-hydrogen) atoms. The van der Waals surface area contributed by atoms with Crippen LogP contribution in [0.25, 0.3) is 0 Å². The molecule has 9 nitrogen and oxygen atoms in total. The zero-order valence-electron chi connectivity index (χ0n) is 12.0. The van der Waals surface area contributed by atoms with Gasteiger partial charge in [-0.3, -0.25) is 14.4 Å². The summed E-state index contributed by atoms with van der Waals surface area (Å²) in [6.07, 6.45) is -5.56. The highest BCUT2D eigenvalue weighted by Crippen LogP contribution is 2.31. The van der Waals surface area contributed by atoms with Gasteiger partial charge in [-0.15, -0.1) is 0 Å². The predicted molar refractivity (Wildman–Crippen MR) is 71.9 cm³/mol. The van der Waals surface area contributed by atoms with Crippen molar-refractivity contribution >= 4 is 39.8 Å². The van der Waals surface area contributed by atoms with Gasteiger partial charge >= 0.3 is 23.9 Å². The number of hydrogen-bond donors (Lipinski definition) is 1. The molecule has 0 unspecified atom stereocenters. The molecule has 0 aromatic carbocycles. The van der Waals surface area contributed by atoms with Crippen molar-refractivity contribution < 1.29 is 43.2 Å². The molecular weight excluding hydrogens is 368 g/mol. The first-order valence-corrected chi connectivity index (χ1v) is 7.09. The Labute approximate surface area is 134 Å². The van der Waals surface area contributed by atoms with Crippen LogP contribution in [0.5, 0.6) is 0 Å². The van der Waals surface area contributed by atoms with Crippen LogP contribution in [0, 0.1) is 0 Å². The van der Waals surface area contributed by atoms with E-state index >= 15 is 0 Å². The predicted octanol–water partition coefficient (Wildman–Crippen LogP) is -0.0141. The van der Waals surface area contributed by atoms with Crippen LogP contribution in [-0.2, 0) is 38.1 Å². The first-order valence-electron chi connectivity index (χ1n) is 6.17. The molecule has 0 aromatic rings. The Hall–Kier alpha value is -1.68. The quantitative estimate of drug-likeness (QED) is 0.405. The lowest BCUT2D eigenvalue weighted by Crippen LogP contribution is -2.61. The van der Waals surface area contributed by atoms with E-state index in [4.69, 9.17) is 18.9 Å². The van der Waals surface area contributed by atoms with Gasteiger partial charge in [0.25, 0.3) is 0 Å². The smallest absolute Gasteiger partial charge is 0.336 e. The van der Waals surface area contributed by atoms with Gasteiger partial charge < -0.3 is 24.1 Å². The van der Waals surface area contributed by atoms with Crippen molar-refractivity contribution in [3.05, 3.63) is 0 Å². The zero-order chi connectivity index (χ0) is 17.0. The van der Waals surface area contributed by atoms with Crippen molar-refractivity contribution in [1.29, 1.82) is 0 Å². The highest BCUT2D eigenvalue weighted by atomic mass is 79.9. The lowest BCUT2D eigenvalue weighted by molar-refractivity contribution is -0.233. The molecule has 1 saturated heterocycles. The molecule has 10 heteroatoms. The number of hydrogen-bond acceptors (Lipinski definition) is 8. The number of halogens is 1. The van der Waals surface area contributed by atoms with Gasteiger partial charge in [-0.2, -0.15) is 0 Å². The van der Waals surface area contributed by atoms with Crippen LogP contribution >= 0.6 is 15.9 Å². The fourth-order valence-corrected chi connectivity index (χ4v) is 2.60. The lowest BCUT2D eigenvalue weighted by Gasteiger charge is -2.41. The number of ether oxygens (including phenoxy) is 4. The third kappa shape index (κ3) is 4.67. The maximum Gasteiger partial charge on any atom is 0.336 e. The van der Waals surface area contributed by atoms with Crippen molar-refractivity contribution in [3.8, 4) is 0 Å². The van der Waals surface area contributed by atoms with Crippen molar-refractivity contribution in [3.63, 3.8) is 0 Å². The first-order chi connectivity index (χ1) is 10.1. The summed E-state index contributed by atoms with van der Waals surface area (Å²) in [5, 5.41) is 8.11. The van der Waals surface area contributed by atoms with Crippen molar-refractivity contribution in [2.45, 2.75) is 50.2 Å².